The number of amides is 1. The molecule has 11 heavy (non-hydrogen) atoms. The van der Waals surface area contributed by atoms with Crippen LogP contribution in [0.15, 0.2) is 0 Å². The van der Waals surface area contributed by atoms with Gasteiger partial charge >= 0.3 is 6.09 Å². The quantitative estimate of drug-likeness (QED) is 0.558. The van der Waals surface area contributed by atoms with Gasteiger partial charge in [0.25, 0.3) is 0 Å². The van der Waals surface area contributed by atoms with Crippen LogP contribution in [0, 0.1) is 5.41 Å². The standard InChI is InChI=1S/C7H11NO3/c1-7(2)4-11-6(10)8-5(7)3-9/h3,5H,4H2,1-2H3,(H,8,10). The molecule has 0 aromatic carbocycles. The zero-order valence-electron chi connectivity index (χ0n) is 6.59. The molecular weight excluding hydrogens is 146 g/mol. The summed E-state index contributed by atoms with van der Waals surface area (Å²) in [6.45, 7) is 4.03. The molecule has 4 heteroatoms. The molecule has 1 saturated heterocycles. The van der Waals surface area contributed by atoms with Crippen LogP contribution >= 0.6 is 0 Å². The van der Waals surface area contributed by atoms with Crippen molar-refractivity contribution in [1.29, 1.82) is 0 Å². The van der Waals surface area contributed by atoms with Crippen molar-refractivity contribution in [2.24, 2.45) is 5.41 Å². The maximum atomic E-state index is 10.6. The number of nitrogens with one attached hydrogen (secondary N) is 1. The van der Waals surface area contributed by atoms with E-state index in [-0.39, 0.29) is 5.41 Å². The fourth-order valence-corrected chi connectivity index (χ4v) is 0.924. The van der Waals surface area contributed by atoms with Crippen molar-refractivity contribution < 1.29 is 14.3 Å². The van der Waals surface area contributed by atoms with E-state index >= 15 is 0 Å². The molecule has 0 radical (unpaired) electrons. The van der Waals surface area contributed by atoms with Crippen molar-refractivity contribution in [3.8, 4) is 0 Å². The molecule has 1 aliphatic rings. The molecular formula is C7H11NO3. The van der Waals surface area contributed by atoms with E-state index in [0.717, 1.165) is 6.29 Å². The first-order valence-electron chi connectivity index (χ1n) is 3.45. The topological polar surface area (TPSA) is 55.4 Å². The van der Waals surface area contributed by atoms with Crippen molar-refractivity contribution in [3.05, 3.63) is 0 Å². The summed E-state index contributed by atoms with van der Waals surface area (Å²) in [6, 6.07) is -0.427. The predicted molar refractivity (Wildman–Crippen MR) is 38.1 cm³/mol. The van der Waals surface area contributed by atoms with E-state index in [1.807, 2.05) is 13.8 Å². The second-order valence-corrected chi connectivity index (χ2v) is 3.32. The highest BCUT2D eigenvalue weighted by molar-refractivity contribution is 5.75. The molecule has 1 rings (SSSR count). The maximum absolute atomic E-state index is 10.6. The largest absolute Gasteiger partial charge is 0.449 e. The number of cyclic esters (lactones) is 1. The van der Waals surface area contributed by atoms with Gasteiger partial charge in [0.15, 0.2) is 0 Å². The Morgan fingerprint density at radius 2 is 2.36 bits per heavy atom. The van der Waals surface area contributed by atoms with Crippen molar-refractivity contribution in [3.63, 3.8) is 0 Å². The van der Waals surface area contributed by atoms with Crippen molar-refractivity contribution >= 4 is 12.4 Å². The van der Waals surface area contributed by atoms with Gasteiger partial charge in [-0.2, -0.15) is 0 Å². The van der Waals surface area contributed by atoms with Crippen molar-refractivity contribution in [2.45, 2.75) is 19.9 Å². The molecule has 1 heterocycles. The summed E-state index contributed by atoms with van der Waals surface area (Å²) in [5.41, 5.74) is -0.296. The Balaban J connectivity index is 2.70. The number of hydrogen-bond donors (Lipinski definition) is 1. The molecule has 0 aromatic rings. The smallest absolute Gasteiger partial charge is 0.407 e. The summed E-state index contributed by atoms with van der Waals surface area (Å²) in [7, 11) is 0. The number of carbonyl (C=O) groups is 2. The van der Waals surface area contributed by atoms with E-state index in [0.29, 0.717) is 6.61 Å². The third-order valence-corrected chi connectivity index (χ3v) is 1.83. The molecule has 1 unspecified atom stereocenters. The number of ether oxygens (including phenoxy) is 1. The Morgan fingerprint density at radius 3 is 2.82 bits per heavy atom. The average molecular weight is 157 g/mol. The summed E-state index contributed by atoms with van der Waals surface area (Å²) in [6.07, 6.45) is 0.224. The molecule has 62 valence electrons. The number of aldehydes is 1. The molecule has 0 bridgehead atoms. The molecule has 1 atom stereocenters. The first-order chi connectivity index (χ1) is 5.06. The van der Waals surface area contributed by atoms with Gasteiger partial charge in [-0.15, -0.1) is 0 Å². The van der Waals surface area contributed by atoms with Gasteiger partial charge in [0.1, 0.15) is 12.9 Å². The first-order valence-corrected chi connectivity index (χ1v) is 3.45. The maximum Gasteiger partial charge on any atom is 0.407 e. The highest BCUT2D eigenvalue weighted by atomic mass is 16.6. The Morgan fingerprint density at radius 1 is 1.73 bits per heavy atom. The van der Waals surface area contributed by atoms with E-state index < -0.39 is 12.1 Å². The zero-order valence-corrected chi connectivity index (χ0v) is 6.59. The first kappa shape index (κ1) is 8.04. The predicted octanol–water partition coefficient (Wildman–Crippen LogP) is 0.320. The highest BCUT2D eigenvalue weighted by Gasteiger charge is 2.36. The van der Waals surface area contributed by atoms with Crippen LogP contribution in [-0.2, 0) is 9.53 Å². The molecule has 0 saturated carbocycles. The molecule has 4 nitrogen and oxygen atoms in total. The van der Waals surface area contributed by atoms with Crippen LogP contribution in [0.5, 0.6) is 0 Å². The SMILES string of the molecule is CC1(C)COC(=O)NC1C=O. The van der Waals surface area contributed by atoms with Crippen LogP contribution in [0.3, 0.4) is 0 Å². The van der Waals surface area contributed by atoms with Crippen LogP contribution in [0.2, 0.25) is 0 Å². The number of alkyl carbamates (subject to hydrolysis) is 1. The molecule has 0 spiro atoms. The van der Waals surface area contributed by atoms with Gasteiger partial charge in [-0.25, -0.2) is 4.79 Å². The Bertz CT molecular complexity index is 188. The number of rotatable bonds is 1. The van der Waals surface area contributed by atoms with Gasteiger partial charge in [-0.3, -0.25) is 0 Å². The molecule has 1 aliphatic heterocycles. The second-order valence-electron chi connectivity index (χ2n) is 3.32. The third-order valence-electron chi connectivity index (χ3n) is 1.83. The lowest BCUT2D eigenvalue weighted by Crippen LogP contribution is -2.53. The monoisotopic (exact) mass is 157 g/mol. The summed E-state index contributed by atoms with van der Waals surface area (Å²) >= 11 is 0. The molecule has 1 fully saturated rings. The number of hydrogen-bond acceptors (Lipinski definition) is 3. The summed E-state index contributed by atoms with van der Waals surface area (Å²) in [5, 5.41) is 2.43. The van der Waals surface area contributed by atoms with Gasteiger partial charge in [0, 0.05) is 5.41 Å². The third kappa shape index (κ3) is 1.50. The summed E-state index contributed by atoms with van der Waals surface area (Å²) < 4.78 is 4.72. The summed E-state index contributed by atoms with van der Waals surface area (Å²) in [5.74, 6) is 0. The molecule has 0 aliphatic carbocycles. The fraction of sp³-hybridized carbons (Fsp3) is 0.714. The molecule has 1 amide bonds. The van der Waals surface area contributed by atoms with Crippen molar-refractivity contribution in [2.75, 3.05) is 6.61 Å². The van der Waals surface area contributed by atoms with E-state index in [1.165, 1.54) is 0 Å². The minimum Gasteiger partial charge on any atom is -0.449 e. The van der Waals surface area contributed by atoms with Gasteiger partial charge in [-0.1, -0.05) is 13.8 Å². The summed E-state index contributed by atoms with van der Waals surface area (Å²) in [4.78, 5) is 21.1. The Kier molecular flexibility index (Phi) is 1.85. The molecule has 1 N–H and O–H groups in total. The lowest BCUT2D eigenvalue weighted by molar-refractivity contribution is -0.114. The van der Waals surface area contributed by atoms with Crippen LogP contribution < -0.4 is 5.32 Å². The van der Waals surface area contributed by atoms with E-state index in [9.17, 15) is 9.59 Å². The van der Waals surface area contributed by atoms with Gasteiger partial charge in [0.05, 0.1) is 6.04 Å². The van der Waals surface area contributed by atoms with Crippen LogP contribution in [0.1, 0.15) is 13.8 Å². The van der Waals surface area contributed by atoms with E-state index in [2.05, 4.69) is 5.32 Å². The second kappa shape index (κ2) is 2.53. The lowest BCUT2D eigenvalue weighted by atomic mass is 9.85. The van der Waals surface area contributed by atoms with Gasteiger partial charge in [0.2, 0.25) is 0 Å². The van der Waals surface area contributed by atoms with Gasteiger partial charge in [-0.05, 0) is 0 Å². The highest BCUT2D eigenvalue weighted by Crippen LogP contribution is 2.22. The lowest BCUT2D eigenvalue weighted by Gasteiger charge is -2.34. The van der Waals surface area contributed by atoms with Crippen LogP contribution in [-0.4, -0.2) is 25.0 Å². The molecule has 0 aromatic heterocycles. The minimum atomic E-state index is -0.513. The average Bonchev–Trinajstić information content (AvgIpc) is 1.94. The van der Waals surface area contributed by atoms with Crippen LogP contribution in [0.4, 0.5) is 4.79 Å². The minimum absolute atomic E-state index is 0.294. The normalized spacial score (nSPS) is 28.5. The van der Waals surface area contributed by atoms with E-state index in [1.54, 1.807) is 0 Å². The van der Waals surface area contributed by atoms with Crippen molar-refractivity contribution in [1.82, 2.24) is 5.32 Å². The van der Waals surface area contributed by atoms with E-state index in [4.69, 9.17) is 4.74 Å². The number of carbonyl (C=O) groups excluding carboxylic acids is 2. The van der Waals surface area contributed by atoms with Crippen LogP contribution in [0.25, 0.3) is 0 Å². The Labute approximate surface area is 64.9 Å². The van der Waals surface area contributed by atoms with Gasteiger partial charge < -0.3 is 14.8 Å². The fourth-order valence-electron chi connectivity index (χ4n) is 0.924. The zero-order chi connectivity index (χ0) is 8.48. The Hall–Kier alpha value is -1.06.